The van der Waals surface area contributed by atoms with Crippen molar-refractivity contribution in [3.8, 4) is 5.75 Å². The summed E-state index contributed by atoms with van der Waals surface area (Å²) in [6.45, 7) is 0. The Labute approximate surface area is 131 Å². The zero-order valence-corrected chi connectivity index (χ0v) is 13.4. The molecule has 1 N–H and O–H groups in total. The van der Waals surface area contributed by atoms with Crippen molar-refractivity contribution in [1.29, 1.82) is 0 Å². The van der Waals surface area contributed by atoms with Crippen LogP contribution >= 0.6 is 27.5 Å². The molecule has 2 aromatic rings. The number of ether oxygens (including phenoxy) is 1. The number of benzene rings is 2. The first-order valence-corrected chi connectivity index (χ1v) is 7.20. The number of methoxy groups -OCH3 is 1. The Morgan fingerprint density at radius 1 is 1.30 bits per heavy atom. The molecule has 0 aromatic heterocycles. The van der Waals surface area contributed by atoms with Crippen LogP contribution in [0.1, 0.15) is 17.2 Å². The molecule has 2 aromatic carbocycles. The van der Waals surface area contributed by atoms with Crippen LogP contribution in [0, 0.1) is 5.82 Å². The second kappa shape index (κ2) is 6.57. The van der Waals surface area contributed by atoms with Gasteiger partial charge in [-0.05, 0) is 37.4 Å². The molecular formula is C15H14BrClFNO. The van der Waals surface area contributed by atoms with Crippen LogP contribution in [0.3, 0.4) is 0 Å². The van der Waals surface area contributed by atoms with Gasteiger partial charge >= 0.3 is 0 Å². The molecule has 1 unspecified atom stereocenters. The van der Waals surface area contributed by atoms with E-state index in [0.717, 1.165) is 5.56 Å². The van der Waals surface area contributed by atoms with Crippen molar-refractivity contribution in [2.24, 2.45) is 0 Å². The van der Waals surface area contributed by atoms with E-state index >= 15 is 0 Å². The smallest absolute Gasteiger partial charge is 0.129 e. The molecule has 0 spiro atoms. The lowest BCUT2D eigenvalue weighted by Crippen LogP contribution is -2.20. The van der Waals surface area contributed by atoms with Crippen molar-refractivity contribution in [3.05, 3.63) is 62.8 Å². The van der Waals surface area contributed by atoms with Gasteiger partial charge in [0.1, 0.15) is 11.6 Å². The Bertz CT molecular complexity index is 601. The number of nitrogens with one attached hydrogen (secondary N) is 1. The molecule has 106 valence electrons. The highest BCUT2D eigenvalue weighted by Crippen LogP contribution is 2.36. The summed E-state index contributed by atoms with van der Waals surface area (Å²) in [5.41, 5.74) is 1.31. The van der Waals surface area contributed by atoms with E-state index in [1.807, 2.05) is 0 Å². The van der Waals surface area contributed by atoms with E-state index in [2.05, 4.69) is 21.2 Å². The average molecular weight is 359 g/mol. The zero-order valence-electron chi connectivity index (χ0n) is 11.1. The van der Waals surface area contributed by atoms with Crippen molar-refractivity contribution in [2.75, 3.05) is 14.2 Å². The molecule has 0 aliphatic carbocycles. The van der Waals surface area contributed by atoms with Gasteiger partial charge in [-0.1, -0.05) is 33.6 Å². The minimum absolute atomic E-state index is 0.291. The summed E-state index contributed by atoms with van der Waals surface area (Å²) < 4.78 is 20.2. The summed E-state index contributed by atoms with van der Waals surface area (Å²) >= 11 is 9.45. The van der Waals surface area contributed by atoms with Gasteiger partial charge in [-0.25, -0.2) is 4.39 Å². The predicted molar refractivity (Wildman–Crippen MR) is 83.0 cm³/mol. The van der Waals surface area contributed by atoms with E-state index < -0.39 is 0 Å². The molecule has 0 radical (unpaired) electrons. The highest BCUT2D eigenvalue weighted by atomic mass is 79.9. The normalized spacial score (nSPS) is 12.2. The zero-order chi connectivity index (χ0) is 14.7. The van der Waals surface area contributed by atoms with Crippen molar-refractivity contribution in [1.82, 2.24) is 5.32 Å². The third-order valence-electron chi connectivity index (χ3n) is 3.08. The van der Waals surface area contributed by atoms with Gasteiger partial charge < -0.3 is 10.1 Å². The first-order valence-electron chi connectivity index (χ1n) is 6.03. The fourth-order valence-electron chi connectivity index (χ4n) is 2.17. The van der Waals surface area contributed by atoms with E-state index in [4.69, 9.17) is 16.3 Å². The van der Waals surface area contributed by atoms with E-state index in [0.29, 0.717) is 20.8 Å². The minimum atomic E-state index is -0.362. The molecule has 0 amide bonds. The molecule has 2 rings (SSSR count). The van der Waals surface area contributed by atoms with Crippen LogP contribution in [0.25, 0.3) is 0 Å². The maximum absolute atomic E-state index is 14.2. The lowest BCUT2D eigenvalue weighted by Gasteiger charge is -2.21. The van der Waals surface area contributed by atoms with Crippen molar-refractivity contribution in [2.45, 2.75) is 6.04 Å². The van der Waals surface area contributed by atoms with Crippen LogP contribution in [-0.2, 0) is 0 Å². The maximum Gasteiger partial charge on any atom is 0.129 e. The quantitative estimate of drug-likeness (QED) is 0.865. The molecule has 0 bridgehead atoms. The number of halogens is 3. The van der Waals surface area contributed by atoms with Crippen molar-refractivity contribution >= 4 is 27.5 Å². The number of hydrogen-bond donors (Lipinski definition) is 1. The van der Waals surface area contributed by atoms with Crippen LogP contribution in [0.5, 0.6) is 5.75 Å². The van der Waals surface area contributed by atoms with Gasteiger partial charge in [0.25, 0.3) is 0 Å². The summed E-state index contributed by atoms with van der Waals surface area (Å²) in [7, 11) is 3.35. The first kappa shape index (κ1) is 15.3. The van der Waals surface area contributed by atoms with Gasteiger partial charge in [-0.2, -0.15) is 0 Å². The van der Waals surface area contributed by atoms with Crippen LogP contribution in [0.4, 0.5) is 4.39 Å². The molecule has 0 saturated heterocycles. The molecule has 2 nitrogen and oxygen atoms in total. The highest BCUT2D eigenvalue weighted by Gasteiger charge is 2.22. The Morgan fingerprint density at radius 2 is 2.05 bits per heavy atom. The van der Waals surface area contributed by atoms with Gasteiger partial charge in [0, 0.05) is 20.6 Å². The van der Waals surface area contributed by atoms with Gasteiger partial charge in [-0.15, -0.1) is 0 Å². The van der Waals surface area contributed by atoms with Crippen LogP contribution in [0.15, 0.2) is 40.9 Å². The van der Waals surface area contributed by atoms with E-state index in [9.17, 15) is 4.39 Å². The van der Waals surface area contributed by atoms with E-state index in [1.165, 1.54) is 6.07 Å². The maximum atomic E-state index is 14.2. The third-order valence-corrected chi connectivity index (χ3v) is 4.01. The Morgan fingerprint density at radius 3 is 2.65 bits per heavy atom. The fourth-order valence-corrected chi connectivity index (χ4v) is 2.92. The molecule has 0 aliphatic rings. The highest BCUT2D eigenvalue weighted by molar-refractivity contribution is 9.10. The lowest BCUT2D eigenvalue weighted by molar-refractivity contribution is 0.404. The minimum Gasteiger partial charge on any atom is -0.496 e. The molecular weight excluding hydrogens is 345 g/mol. The second-order valence-electron chi connectivity index (χ2n) is 4.24. The summed E-state index contributed by atoms with van der Waals surface area (Å²) in [6.07, 6.45) is 0. The van der Waals surface area contributed by atoms with Crippen LogP contribution in [-0.4, -0.2) is 14.2 Å². The van der Waals surface area contributed by atoms with E-state index in [-0.39, 0.29) is 11.9 Å². The van der Waals surface area contributed by atoms with Gasteiger partial charge in [0.05, 0.1) is 13.2 Å². The lowest BCUT2D eigenvalue weighted by atomic mass is 9.97. The van der Waals surface area contributed by atoms with Crippen LogP contribution in [0.2, 0.25) is 5.02 Å². The summed E-state index contributed by atoms with van der Waals surface area (Å²) in [6, 6.07) is 9.83. The summed E-state index contributed by atoms with van der Waals surface area (Å²) in [4.78, 5) is 0. The molecule has 20 heavy (non-hydrogen) atoms. The fraction of sp³-hybridized carbons (Fsp3) is 0.200. The van der Waals surface area contributed by atoms with Crippen molar-refractivity contribution < 1.29 is 9.13 Å². The molecule has 1 atom stereocenters. The summed E-state index contributed by atoms with van der Waals surface area (Å²) in [5, 5.41) is 3.69. The molecule has 0 heterocycles. The first-order chi connectivity index (χ1) is 9.58. The van der Waals surface area contributed by atoms with E-state index in [1.54, 1.807) is 44.5 Å². The molecule has 5 heteroatoms. The van der Waals surface area contributed by atoms with Crippen molar-refractivity contribution in [3.63, 3.8) is 0 Å². The topological polar surface area (TPSA) is 21.3 Å². The summed E-state index contributed by atoms with van der Waals surface area (Å²) in [5.74, 6) is 0.365. The van der Waals surface area contributed by atoms with Gasteiger partial charge in [0.2, 0.25) is 0 Å². The number of rotatable bonds is 4. The third kappa shape index (κ3) is 2.97. The second-order valence-corrected chi connectivity index (χ2v) is 5.53. The Hall–Kier alpha value is -1.10. The molecule has 0 saturated carbocycles. The predicted octanol–water partition coefficient (Wildman–Crippen LogP) is 4.56. The average Bonchev–Trinajstić information content (AvgIpc) is 2.43. The molecule has 0 fully saturated rings. The standard InChI is InChI=1S/C15H14BrClFNO/c1-19-15(14-11(16)4-3-5-12(14)18)10-8-9(17)6-7-13(10)20-2/h3-8,15,19H,1-2H3. The largest absolute Gasteiger partial charge is 0.496 e. The molecule has 0 aliphatic heterocycles. The van der Waals surface area contributed by atoms with Gasteiger partial charge in [0.15, 0.2) is 0 Å². The monoisotopic (exact) mass is 357 g/mol. The van der Waals surface area contributed by atoms with Crippen LogP contribution < -0.4 is 10.1 Å². The number of hydrogen-bond acceptors (Lipinski definition) is 2. The van der Waals surface area contributed by atoms with Gasteiger partial charge in [-0.3, -0.25) is 0 Å². The Kier molecular flexibility index (Phi) is 5.02. The SMILES string of the molecule is CNC(c1cc(Cl)ccc1OC)c1c(F)cccc1Br. The Balaban J connectivity index is 2.61.